The number of carbonyl (C=O) groups is 2. The number of carbonyl (C=O) groups excluding carboxylic acids is 2. The van der Waals surface area contributed by atoms with E-state index >= 15 is 0 Å². The first-order valence-corrected chi connectivity index (χ1v) is 11.5. The third-order valence-electron chi connectivity index (χ3n) is 7.46. The van der Waals surface area contributed by atoms with Crippen LogP contribution in [0.4, 0.5) is 11.8 Å². The summed E-state index contributed by atoms with van der Waals surface area (Å²) in [6.45, 7) is 5.73. The van der Waals surface area contributed by atoms with Crippen molar-refractivity contribution in [2.24, 2.45) is 17.6 Å². The Morgan fingerprint density at radius 1 is 1.13 bits per heavy atom. The van der Waals surface area contributed by atoms with E-state index in [4.69, 9.17) is 15.7 Å². The summed E-state index contributed by atoms with van der Waals surface area (Å²) in [7, 11) is 0. The highest BCUT2D eigenvalue weighted by atomic mass is 16.2. The number of aromatic nitrogens is 2. The van der Waals surface area contributed by atoms with E-state index in [2.05, 4.69) is 22.8 Å². The second-order valence-electron chi connectivity index (χ2n) is 9.33. The van der Waals surface area contributed by atoms with E-state index in [1.165, 1.54) is 12.8 Å². The Morgan fingerprint density at radius 3 is 2.63 bits per heavy atom. The molecular weight excluding hydrogens is 380 g/mol. The lowest BCUT2D eigenvalue weighted by Crippen LogP contribution is -2.68. The van der Waals surface area contributed by atoms with Crippen LogP contribution in [0.5, 0.6) is 0 Å². The van der Waals surface area contributed by atoms with Crippen molar-refractivity contribution in [3.8, 4) is 0 Å². The molecule has 0 unspecified atom stereocenters. The second kappa shape index (κ2) is 7.71. The van der Waals surface area contributed by atoms with Crippen molar-refractivity contribution >= 4 is 23.6 Å². The lowest BCUT2D eigenvalue weighted by molar-refractivity contribution is -0.155. The average Bonchev–Trinajstić information content (AvgIpc) is 3.29. The predicted molar refractivity (Wildman–Crippen MR) is 114 cm³/mol. The summed E-state index contributed by atoms with van der Waals surface area (Å²) in [5.74, 6) is 1.95. The van der Waals surface area contributed by atoms with E-state index in [9.17, 15) is 9.59 Å². The normalized spacial score (nSPS) is 31.1. The molecule has 30 heavy (non-hydrogen) atoms. The lowest BCUT2D eigenvalue weighted by atomic mass is 9.72. The molecule has 4 fully saturated rings. The van der Waals surface area contributed by atoms with Crippen LogP contribution in [-0.2, 0) is 16.0 Å². The number of piperidine rings is 3. The Morgan fingerprint density at radius 2 is 1.90 bits per heavy atom. The van der Waals surface area contributed by atoms with E-state index in [0.717, 1.165) is 62.8 Å². The number of rotatable bonds is 4. The molecule has 4 aliphatic heterocycles. The molecule has 0 spiro atoms. The minimum atomic E-state index is -0.493. The molecule has 8 nitrogen and oxygen atoms in total. The molecule has 162 valence electrons. The van der Waals surface area contributed by atoms with Crippen LogP contribution >= 0.6 is 0 Å². The maximum Gasteiger partial charge on any atom is 0.240 e. The quantitative estimate of drug-likeness (QED) is 0.802. The second-order valence-corrected chi connectivity index (χ2v) is 9.33. The van der Waals surface area contributed by atoms with Crippen LogP contribution < -0.4 is 15.5 Å². The Labute approximate surface area is 177 Å². The van der Waals surface area contributed by atoms with Gasteiger partial charge in [-0.05, 0) is 44.4 Å². The van der Waals surface area contributed by atoms with Crippen LogP contribution in [0.2, 0.25) is 0 Å². The topological polar surface area (TPSA) is 95.7 Å². The van der Waals surface area contributed by atoms with Gasteiger partial charge in [-0.2, -0.15) is 4.98 Å². The molecule has 0 radical (unpaired) electrons. The molecule has 0 aliphatic carbocycles. The summed E-state index contributed by atoms with van der Waals surface area (Å²) in [6.07, 6.45) is 6.61. The van der Waals surface area contributed by atoms with E-state index in [-0.39, 0.29) is 23.8 Å². The third-order valence-corrected chi connectivity index (χ3v) is 7.46. The van der Waals surface area contributed by atoms with Gasteiger partial charge in [-0.3, -0.25) is 9.59 Å². The van der Waals surface area contributed by atoms with Gasteiger partial charge in [0.1, 0.15) is 11.9 Å². The summed E-state index contributed by atoms with van der Waals surface area (Å²) in [5, 5.41) is 0. The maximum atomic E-state index is 12.7. The van der Waals surface area contributed by atoms with Crippen LogP contribution in [0.3, 0.4) is 0 Å². The molecule has 0 saturated carbocycles. The van der Waals surface area contributed by atoms with Gasteiger partial charge in [0.2, 0.25) is 17.8 Å². The number of nitrogens with two attached hydrogens (primary N) is 1. The summed E-state index contributed by atoms with van der Waals surface area (Å²) in [6, 6.07) is 1.73. The first-order chi connectivity index (χ1) is 14.5. The zero-order valence-electron chi connectivity index (χ0n) is 17.8. The zero-order valence-corrected chi connectivity index (χ0v) is 17.8. The molecular formula is C22H32N6O2. The smallest absolute Gasteiger partial charge is 0.240 e. The van der Waals surface area contributed by atoms with Gasteiger partial charge in [-0.25, -0.2) is 4.98 Å². The summed E-state index contributed by atoms with van der Waals surface area (Å²) < 4.78 is 0. The molecule has 8 heteroatoms. The van der Waals surface area contributed by atoms with Gasteiger partial charge < -0.3 is 20.4 Å². The number of hydrogen-bond acceptors (Lipinski definition) is 6. The molecule has 5 heterocycles. The molecule has 2 amide bonds. The van der Waals surface area contributed by atoms with Gasteiger partial charge in [0.15, 0.2) is 0 Å². The number of anilines is 2. The Hall–Kier alpha value is -2.38. The SMILES string of the molecule is CCc1cc(N2C[C@H]3C[C@@H](C2)[C@H](C(N)=O)N2C(=O)CCC[C@@H]32)nc(N2CCCC2)n1. The van der Waals surface area contributed by atoms with Gasteiger partial charge in [0, 0.05) is 56.3 Å². The first-order valence-electron chi connectivity index (χ1n) is 11.5. The van der Waals surface area contributed by atoms with E-state index in [1.54, 1.807) is 0 Å². The van der Waals surface area contributed by atoms with Crippen LogP contribution in [0.25, 0.3) is 0 Å². The van der Waals surface area contributed by atoms with Crippen molar-refractivity contribution in [1.82, 2.24) is 14.9 Å². The monoisotopic (exact) mass is 412 g/mol. The molecule has 1 aromatic rings. The highest BCUT2D eigenvalue weighted by Gasteiger charge is 2.51. The van der Waals surface area contributed by atoms with Crippen molar-refractivity contribution in [3.05, 3.63) is 11.8 Å². The fourth-order valence-electron chi connectivity index (χ4n) is 6.08. The predicted octanol–water partition coefficient (Wildman–Crippen LogP) is 1.33. The molecule has 1 aromatic heterocycles. The highest BCUT2D eigenvalue weighted by Crippen LogP contribution is 2.42. The van der Waals surface area contributed by atoms with Gasteiger partial charge >= 0.3 is 0 Å². The molecule has 4 aliphatic rings. The zero-order chi connectivity index (χ0) is 20.8. The number of aryl methyl sites for hydroxylation is 1. The van der Waals surface area contributed by atoms with Gasteiger partial charge in [0.25, 0.3) is 0 Å². The summed E-state index contributed by atoms with van der Waals surface area (Å²) in [4.78, 5) is 41.3. The summed E-state index contributed by atoms with van der Waals surface area (Å²) in [5.41, 5.74) is 6.88. The summed E-state index contributed by atoms with van der Waals surface area (Å²) >= 11 is 0. The molecule has 2 N–H and O–H groups in total. The average molecular weight is 413 g/mol. The van der Waals surface area contributed by atoms with Crippen LogP contribution in [-0.4, -0.2) is 64.9 Å². The Balaban J connectivity index is 1.47. The lowest BCUT2D eigenvalue weighted by Gasteiger charge is -2.55. The van der Waals surface area contributed by atoms with Crippen molar-refractivity contribution in [1.29, 1.82) is 0 Å². The third kappa shape index (κ3) is 3.30. The van der Waals surface area contributed by atoms with Crippen molar-refractivity contribution in [2.45, 2.75) is 64.0 Å². The molecule has 0 aromatic carbocycles. The molecule has 4 saturated heterocycles. The number of hydrogen-bond donors (Lipinski definition) is 1. The minimum Gasteiger partial charge on any atom is -0.368 e. The van der Waals surface area contributed by atoms with Crippen molar-refractivity contribution in [3.63, 3.8) is 0 Å². The standard InChI is InChI=1S/C22H32N6O2/c1-2-16-11-18(25-22(24-16)26-8-3-4-9-26)27-12-14-10-15(13-27)20(21(23)30)28-17(14)6-5-7-19(28)29/h11,14-15,17,20H,2-10,12-13H2,1H3,(H2,23,30)/t14-,15+,17+,20-/m1/s1. The van der Waals surface area contributed by atoms with E-state index in [1.807, 2.05) is 4.90 Å². The van der Waals surface area contributed by atoms with Gasteiger partial charge in [0.05, 0.1) is 0 Å². The Kier molecular flexibility index (Phi) is 5.03. The van der Waals surface area contributed by atoms with E-state index in [0.29, 0.717) is 18.9 Å². The number of fused-ring (bicyclic) bond motifs is 4. The van der Waals surface area contributed by atoms with Gasteiger partial charge in [-0.1, -0.05) is 6.92 Å². The van der Waals surface area contributed by atoms with Crippen LogP contribution in [0, 0.1) is 11.8 Å². The van der Waals surface area contributed by atoms with Crippen molar-refractivity contribution < 1.29 is 9.59 Å². The molecule has 4 atom stereocenters. The maximum absolute atomic E-state index is 12.7. The van der Waals surface area contributed by atoms with Gasteiger partial charge in [-0.15, -0.1) is 0 Å². The first kappa shape index (κ1) is 19.6. The highest BCUT2D eigenvalue weighted by molar-refractivity contribution is 5.88. The fourth-order valence-corrected chi connectivity index (χ4v) is 6.08. The fraction of sp³-hybridized carbons (Fsp3) is 0.727. The number of nitrogens with zero attached hydrogens (tertiary/aromatic N) is 5. The van der Waals surface area contributed by atoms with Crippen molar-refractivity contribution in [2.75, 3.05) is 36.0 Å². The molecule has 2 bridgehead atoms. The largest absolute Gasteiger partial charge is 0.368 e. The van der Waals surface area contributed by atoms with E-state index < -0.39 is 6.04 Å². The van der Waals surface area contributed by atoms with Crippen LogP contribution in [0.1, 0.15) is 51.1 Å². The number of primary amides is 1. The minimum absolute atomic E-state index is 0.0647. The Bertz CT molecular complexity index is 839. The van der Waals surface area contributed by atoms with Crippen LogP contribution in [0.15, 0.2) is 6.07 Å². The molecule has 5 rings (SSSR count). The number of amides is 2.